The number of ether oxygens (including phenoxy) is 1. The third-order valence-corrected chi connectivity index (χ3v) is 5.43. The second-order valence-corrected chi connectivity index (χ2v) is 7.40. The molecule has 0 aromatic rings. The maximum absolute atomic E-state index is 11.5. The largest absolute Gasteiger partial charge is 0.388 e. The summed E-state index contributed by atoms with van der Waals surface area (Å²) in [4.78, 5) is 0. The van der Waals surface area contributed by atoms with Gasteiger partial charge in [-0.15, -0.1) is 0 Å². The van der Waals surface area contributed by atoms with E-state index in [2.05, 4.69) is 5.32 Å². The fourth-order valence-corrected chi connectivity index (χ4v) is 4.12. The first-order chi connectivity index (χ1) is 7.99. The predicted molar refractivity (Wildman–Crippen MR) is 64.7 cm³/mol. The molecule has 0 aromatic heterocycles. The molecule has 0 bridgehead atoms. The van der Waals surface area contributed by atoms with Gasteiger partial charge in [-0.2, -0.15) is 0 Å². The zero-order valence-electron chi connectivity index (χ0n) is 10.0. The minimum absolute atomic E-state index is 0.000574. The number of sulfone groups is 1. The van der Waals surface area contributed by atoms with E-state index in [-0.39, 0.29) is 11.8 Å². The van der Waals surface area contributed by atoms with Crippen molar-refractivity contribution in [1.82, 2.24) is 5.32 Å². The smallest absolute Gasteiger partial charge is 0.151 e. The molecule has 2 rings (SSSR count). The highest BCUT2D eigenvalue weighted by atomic mass is 32.2. The molecule has 0 amide bonds. The zero-order chi connectivity index (χ0) is 12.4. The first kappa shape index (κ1) is 13.3. The van der Waals surface area contributed by atoms with Crippen LogP contribution < -0.4 is 5.32 Å². The molecule has 0 spiro atoms. The lowest BCUT2D eigenvalue weighted by atomic mass is 9.94. The van der Waals surface area contributed by atoms with Crippen LogP contribution in [0, 0.1) is 0 Å². The molecule has 6 heteroatoms. The van der Waals surface area contributed by atoms with E-state index in [1.165, 1.54) is 0 Å². The highest BCUT2D eigenvalue weighted by Crippen LogP contribution is 2.20. The summed E-state index contributed by atoms with van der Waals surface area (Å²) in [5.74, 6) is 0.517. The highest BCUT2D eigenvalue weighted by molar-refractivity contribution is 7.91. The molecule has 0 radical (unpaired) electrons. The molecule has 100 valence electrons. The molecule has 2 heterocycles. The van der Waals surface area contributed by atoms with Gasteiger partial charge in [-0.3, -0.25) is 0 Å². The fraction of sp³-hybridized carbons (Fsp3) is 1.00. The van der Waals surface area contributed by atoms with Gasteiger partial charge in [-0.1, -0.05) is 0 Å². The summed E-state index contributed by atoms with van der Waals surface area (Å²) in [7, 11) is -2.87. The Kier molecular flexibility index (Phi) is 4.07. The van der Waals surface area contributed by atoms with E-state index in [1.807, 2.05) is 0 Å². The first-order valence-corrected chi connectivity index (χ1v) is 8.05. The fourth-order valence-electron chi connectivity index (χ4n) is 2.45. The van der Waals surface area contributed by atoms with E-state index < -0.39 is 15.4 Å². The molecular formula is C11H21NO4S. The quantitative estimate of drug-likeness (QED) is 0.731. The van der Waals surface area contributed by atoms with Crippen LogP contribution >= 0.6 is 0 Å². The van der Waals surface area contributed by atoms with Crippen molar-refractivity contribution in [1.29, 1.82) is 0 Å². The second kappa shape index (κ2) is 5.22. The Morgan fingerprint density at radius 2 is 2.06 bits per heavy atom. The van der Waals surface area contributed by atoms with Crippen LogP contribution in [0.25, 0.3) is 0 Å². The van der Waals surface area contributed by atoms with E-state index in [1.54, 1.807) is 0 Å². The van der Waals surface area contributed by atoms with Gasteiger partial charge in [0.05, 0.1) is 17.1 Å². The number of aliphatic hydroxyl groups is 1. The van der Waals surface area contributed by atoms with Crippen LogP contribution in [0.1, 0.15) is 25.7 Å². The number of hydrogen-bond acceptors (Lipinski definition) is 5. The van der Waals surface area contributed by atoms with Crippen molar-refractivity contribution in [3.8, 4) is 0 Å². The van der Waals surface area contributed by atoms with Crippen molar-refractivity contribution in [2.24, 2.45) is 0 Å². The summed E-state index contributed by atoms with van der Waals surface area (Å²) < 4.78 is 28.1. The van der Waals surface area contributed by atoms with Crippen molar-refractivity contribution in [2.45, 2.75) is 37.3 Å². The second-order valence-electron chi connectivity index (χ2n) is 5.17. The summed E-state index contributed by atoms with van der Waals surface area (Å²) in [6.45, 7) is 1.64. The molecule has 0 saturated carbocycles. The van der Waals surface area contributed by atoms with Gasteiger partial charge in [0.2, 0.25) is 0 Å². The monoisotopic (exact) mass is 263 g/mol. The van der Waals surface area contributed by atoms with Crippen molar-refractivity contribution in [2.75, 3.05) is 31.3 Å². The third kappa shape index (κ3) is 3.91. The lowest BCUT2D eigenvalue weighted by Crippen LogP contribution is -2.50. The summed E-state index contributed by atoms with van der Waals surface area (Å²) >= 11 is 0. The lowest BCUT2D eigenvalue weighted by molar-refractivity contribution is -0.0626. The van der Waals surface area contributed by atoms with Crippen molar-refractivity contribution < 1.29 is 18.3 Å². The Bertz CT molecular complexity index is 348. The number of hydrogen-bond donors (Lipinski definition) is 2. The Hall–Kier alpha value is -0.170. The van der Waals surface area contributed by atoms with Gasteiger partial charge in [-0.05, 0) is 12.8 Å². The topological polar surface area (TPSA) is 75.6 Å². The normalized spacial score (nSPS) is 32.2. The highest BCUT2D eigenvalue weighted by Gasteiger charge is 2.32. The zero-order valence-corrected chi connectivity index (χ0v) is 10.8. The van der Waals surface area contributed by atoms with Gasteiger partial charge >= 0.3 is 0 Å². The molecule has 17 heavy (non-hydrogen) atoms. The third-order valence-electron chi connectivity index (χ3n) is 3.61. The molecule has 1 unspecified atom stereocenters. The molecule has 5 nitrogen and oxygen atoms in total. The van der Waals surface area contributed by atoms with Gasteiger partial charge in [0.15, 0.2) is 9.84 Å². The van der Waals surface area contributed by atoms with E-state index in [4.69, 9.17) is 4.74 Å². The summed E-state index contributed by atoms with van der Waals surface area (Å²) in [6.07, 6.45) is 2.85. The summed E-state index contributed by atoms with van der Waals surface area (Å²) in [6, 6.07) is 0.000574. The van der Waals surface area contributed by atoms with Gasteiger partial charge in [0.25, 0.3) is 0 Å². The van der Waals surface area contributed by atoms with Crippen LogP contribution in [-0.2, 0) is 14.6 Å². The molecule has 2 aliphatic rings. The van der Waals surface area contributed by atoms with Crippen molar-refractivity contribution in [3.05, 3.63) is 0 Å². The molecule has 1 atom stereocenters. The average Bonchev–Trinajstić information content (AvgIpc) is 2.26. The lowest BCUT2D eigenvalue weighted by Gasteiger charge is -2.34. The molecule has 2 fully saturated rings. The molecule has 2 N–H and O–H groups in total. The average molecular weight is 263 g/mol. The Morgan fingerprint density at radius 3 is 2.71 bits per heavy atom. The standard InChI is InChI=1S/C11H21NO4S/c13-11(3-5-16-6-4-11)9-12-10-2-1-7-17(14,15)8-10/h10,12-13H,1-9H2. The maximum atomic E-state index is 11.5. The van der Waals surface area contributed by atoms with Gasteiger partial charge < -0.3 is 15.2 Å². The molecule has 2 aliphatic heterocycles. The van der Waals surface area contributed by atoms with Crippen LogP contribution in [0.15, 0.2) is 0 Å². The van der Waals surface area contributed by atoms with Gasteiger partial charge in [0.1, 0.15) is 0 Å². The SMILES string of the molecule is O=S1(=O)CCCC(NCC2(O)CCOCC2)C1. The molecule has 0 aromatic carbocycles. The van der Waals surface area contributed by atoms with Crippen molar-refractivity contribution in [3.63, 3.8) is 0 Å². The maximum Gasteiger partial charge on any atom is 0.151 e. The number of rotatable bonds is 3. The van der Waals surface area contributed by atoms with Crippen LogP contribution in [0.5, 0.6) is 0 Å². The minimum Gasteiger partial charge on any atom is -0.388 e. The van der Waals surface area contributed by atoms with Crippen LogP contribution in [0.2, 0.25) is 0 Å². The molecule has 0 aliphatic carbocycles. The van der Waals surface area contributed by atoms with Crippen LogP contribution in [-0.4, -0.2) is 56.4 Å². The van der Waals surface area contributed by atoms with E-state index in [0.717, 1.165) is 12.8 Å². The van der Waals surface area contributed by atoms with Crippen molar-refractivity contribution >= 4 is 9.84 Å². The first-order valence-electron chi connectivity index (χ1n) is 6.23. The summed E-state index contributed by atoms with van der Waals surface area (Å²) in [5, 5.41) is 13.4. The number of nitrogens with one attached hydrogen (secondary N) is 1. The van der Waals surface area contributed by atoms with E-state index in [9.17, 15) is 13.5 Å². The molecule has 2 saturated heterocycles. The van der Waals surface area contributed by atoms with Gasteiger partial charge in [0, 0.05) is 38.6 Å². The predicted octanol–water partition coefficient (Wildman–Crippen LogP) is -0.305. The Labute approximate surface area is 102 Å². The van der Waals surface area contributed by atoms with Crippen LogP contribution in [0.4, 0.5) is 0 Å². The van der Waals surface area contributed by atoms with Gasteiger partial charge in [-0.25, -0.2) is 8.42 Å². The summed E-state index contributed by atoms with van der Waals surface area (Å²) in [5.41, 5.74) is -0.723. The van der Waals surface area contributed by atoms with E-state index >= 15 is 0 Å². The Balaban J connectivity index is 1.81. The minimum atomic E-state index is -2.87. The molecular weight excluding hydrogens is 242 g/mol. The van der Waals surface area contributed by atoms with E-state index in [0.29, 0.717) is 38.4 Å². The Morgan fingerprint density at radius 1 is 1.35 bits per heavy atom. The van der Waals surface area contributed by atoms with Crippen LogP contribution in [0.3, 0.4) is 0 Å².